The van der Waals surface area contributed by atoms with Gasteiger partial charge >= 0.3 is 0 Å². The van der Waals surface area contributed by atoms with E-state index in [0.717, 1.165) is 26.0 Å². The van der Waals surface area contributed by atoms with Gasteiger partial charge in [-0.1, -0.05) is 38.1 Å². The van der Waals surface area contributed by atoms with E-state index in [1.165, 1.54) is 11.1 Å². The summed E-state index contributed by atoms with van der Waals surface area (Å²) < 4.78 is 5.73. The fourth-order valence-corrected chi connectivity index (χ4v) is 2.87. The maximum absolute atomic E-state index is 5.73. The molecule has 1 aromatic carbocycles. The van der Waals surface area contributed by atoms with Crippen molar-refractivity contribution < 1.29 is 4.74 Å². The van der Waals surface area contributed by atoms with Gasteiger partial charge < -0.3 is 10.1 Å². The first-order valence-corrected chi connectivity index (χ1v) is 7.18. The molecule has 1 aliphatic heterocycles. The van der Waals surface area contributed by atoms with Gasteiger partial charge in [0, 0.05) is 12.0 Å². The summed E-state index contributed by atoms with van der Waals surface area (Å²) in [5.74, 6) is 0.604. The summed E-state index contributed by atoms with van der Waals surface area (Å²) in [4.78, 5) is 0. The zero-order valence-corrected chi connectivity index (χ0v) is 11.8. The van der Waals surface area contributed by atoms with Crippen LogP contribution in [0.5, 0.6) is 0 Å². The van der Waals surface area contributed by atoms with E-state index in [-0.39, 0.29) is 0 Å². The van der Waals surface area contributed by atoms with E-state index in [1.807, 2.05) is 0 Å². The van der Waals surface area contributed by atoms with E-state index in [9.17, 15) is 0 Å². The van der Waals surface area contributed by atoms with Crippen molar-refractivity contribution >= 4 is 0 Å². The van der Waals surface area contributed by atoms with Crippen LogP contribution >= 0.6 is 0 Å². The van der Waals surface area contributed by atoms with E-state index in [1.54, 1.807) is 0 Å². The van der Waals surface area contributed by atoms with Gasteiger partial charge in [0.15, 0.2) is 0 Å². The van der Waals surface area contributed by atoms with Gasteiger partial charge in [-0.3, -0.25) is 0 Å². The molecule has 0 radical (unpaired) electrons. The van der Waals surface area contributed by atoms with Crippen LogP contribution in [0, 0.1) is 5.92 Å². The van der Waals surface area contributed by atoms with E-state index in [2.05, 4.69) is 50.4 Å². The van der Waals surface area contributed by atoms with E-state index >= 15 is 0 Å². The molecule has 0 aliphatic carbocycles. The molecule has 2 heteroatoms. The van der Waals surface area contributed by atoms with Crippen molar-refractivity contribution in [2.24, 2.45) is 5.92 Å². The Hall–Kier alpha value is -0.860. The Morgan fingerprint density at radius 2 is 2.22 bits per heavy atom. The van der Waals surface area contributed by atoms with Crippen molar-refractivity contribution in [3.8, 4) is 0 Å². The summed E-state index contributed by atoms with van der Waals surface area (Å²) in [5, 5.41) is 3.63. The Balaban J connectivity index is 2.17. The second-order valence-electron chi connectivity index (χ2n) is 5.27. The molecule has 0 bridgehead atoms. The highest BCUT2D eigenvalue weighted by atomic mass is 16.5. The van der Waals surface area contributed by atoms with Gasteiger partial charge in [0.1, 0.15) is 0 Å². The van der Waals surface area contributed by atoms with Crippen LogP contribution in [-0.4, -0.2) is 19.3 Å². The van der Waals surface area contributed by atoms with Crippen LogP contribution in [0.4, 0.5) is 0 Å². The first kappa shape index (κ1) is 13.6. The Morgan fingerprint density at radius 1 is 1.39 bits per heavy atom. The molecule has 1 aromatic rings. The molecule has 2 nitrogen and oxygen atoms in total. The fourth-order valence-electron chi connectivity index (χ4n) is 2.87. The lowest BCUT2D eigenvalue weighted by Crippen LogP contribution is -2.28. The van der Waals surface area contributed by atoms with Crippen molar-refractivity contribution in [1.29, 1.82) is 0 Å². The van der Waals surface area contributed by atoms with Gasteiger partial charge in [-0.2, -0.15) is 0 Å². The van der Waals surface area contributed by atoms with Crippen LogP contribution in [0.1, 0.15) is 44.4 Å². The maximum atomic E-state index is 5.73. The van der Waals surface area contributed by atoms with E-state index in [0.29, 0.717) is 18.1 Å². The largest absolute Gasteiger partial charge is 0.378 e. The number of aryl methyl sites for hydroxylation is 1. The minimum Gasteiger partial charge on any atom is -0.378 e. The quantitative estimate of drug-likeness (QED) is 0.862. The number of hydrogen-bond acceptors (Lipinski definition) is 2. The van der Waals surface area contributed by atoms with Crippen molar-refractivity contribution in [1.82, 2.24) is 5.32 Å². The molecule has 0 saturated carbocycles. The van der Waals surface area contributed by atoms with Gasteiger partial charge in [-0.05, 0) is 37.4 Å². The smallest absolute Gasteiger partial charge is 0.0551 e. The highest BCUT2D eigenvalue weighted by Crippen LogP contribution is 2.32. The molecule has 0 amide bonds. The molecular formula is C16H25NO. The van der Waals surface area contributed by atoms with Crippen LogP contribution in [-0.2, 0) is 11.2 Å². The predicted molar refractivity (Wildman–Crippen MR) is 75.8 cm³/mol. The summed E-state index contributed by atoms with van der Waals surface area (Å²) in [6.07, 6.45) is 2.67. The zero-order chi connectivity index (χ0) is 13.0. The minimum absolute atomic E-state index is 0.408. The monoisotopic (exact) mass is 247 g/mol. The van der Waals surface area contributed by atoms with Crippen molar-refractivity contribution in [3.63, 3.8) is 0 Å². The van der Waals surface area contributed by atoms with Gasteiger partial charge in [0.05, 0.1) is 12.7 Å². The standard InChI is InChI=1S/C16H25NO/c1-4-13-7-6-8-14(10-13)16(17-5-2)15-9-12(3)18-11-15/h6-8,10,12,15-17H,4-5,9,11H2,1-3H3. The van der Waals surface area contributed by atoms with Crippen LogP contribution in [0.25, 0.3) is 0 Å². The molecule has 0 aromatic heterocycles. The minimum atomic E-state index is 0.408. The zero-order valence-electron chi connectivity index (χ0n) is 11.8. The number of benzene rings is 1. The molecule has 3 unspecified atom stereocenters. The van der Waals surface area contributed by atoms with Gasteiger partial charge in [-0.25, -0.2) is 0 Å². The molecule has 1 N–H and O–H groups in total. The summed E-state index contributed by atoms with van der Waals surface area (Å²) in [7, 11) is 0. The highest BCUT2D eigenvalue weighted by molar-refractivity contribution is 5.27. The maximum Gasteiger partial charge on any atom is 0.0551 e. The fraction of sp³-hybridized carbons (Fsp3) is 0.625. The van der Waals surface area contributed by atoms with E-state index < -0.39 is 0 Å². The molecule has 0 spiro atoms. The average molecular weight is 247 g/mol. The Bertz CT molecular complexity index is 377. The third-order valence-electron chi connectivity index (χ3n) is 3.84. The molecule has 2 rings (SSSR count). The average Bonchev–Trinajstić information content (AvgIpc) is 2.82. The number of ether oxygens (including phenoxy) is 1. The molecule has 1 aliphatic rings. The molecule has 1 saturated heterocycles. The second kappa shape index (κ2) is 6.35. The molecular weight excluding hydrogens is 222 g/mol. The summed E-state index contributed by atoms with van der Waals surface area (Å²) in [6.45, 7) is 8.45. The summed E-state index contributed by atoms with van der Waals surface area (Å²) in [5.41, 5.74) is 2.83. The van der Waals surface area contributed by atoms with Gasteiger partial charge in [0.25, 0.3) is 0 Å². The lowest BCUT2D eigenvalue weighted by Gasteiger charge is -2.24. The van der Waals surface area contributed by atoms with Gasteiger partial charge in [0.2, 0.25) is 0 Å². The summed E-state index contributed by atoms with van der Waals surface area (Å²) in [6, 6.07) is 9.41. The predicted octanol–water partition coefficient (Wildman–Crippen LogP) is 3.32. The van der Waals surface area contributed by atoms with Crippen LogP contribution in [0.3, 0.4) is 0 Å². The van der Waals surface area contributed by atoms with Crippen LogP contribution in [0.2, 0.25) is 0 Å². The van der Waals surface area contributed by atoms with Crippen molar-refractivity contribution in [2.75, 3.05) is 13.2 Å². The van der Waals surface area contributed by atoms with Crippen LogP contribution in [0.15, 0.2) is 24.3 Å². The Labute approximate surface area is 111 Å². The van der Waals surface area contributed by atoms with Crippen molar-refractivity contribution in [2.45, 2.75) is 45.8 Å². The lowest BCUT2D eigenvalue weighted by molar-refractivity contribution is 0.117. The Kier molecular flexibility index (Phi) is 4.79. The number of hydrogen-bond donors (Lipinski definition) is 1. The topological polar surface area (TPSA) is 21.3 Å². The highest BCUT2D eigenvalue weighted by Gasteiger charge is 2.30. The normalized spacial score (nSPS) is 25.3. The molecule has 1 fully saturated rings. The van der Waals surface area contributed by atoms with E-state index in [4.69, 9.17) is 4.74 Å². The summed E-state index contributed by atoms with van der Waals surface area (Å²) >= 11 is 0. The number of nitrogens with one attached hydrogen (secondary N) is 1. The molecule has 1 heterocycles. The molecule has 100 valence electrons. The van der Waals surface area contributed by atoms with Crippen LogP contribution < -0.4 is 5.32 Å². The molecule has 3 atom stereocenters. The first-order chi connectivity index (χ1) is 8.74. The third kappa shape index (κ3) is 3.12. The van der Waals surface area contributed by atoms with Crippen molar-refractivity contribution in [3.05, 3.63) is 35.4 Å². The number of rotatable bonds is 5. The first-order valence-electron chi connectivity index (χ1n) is 7.18. The third-order valence-corrected chi connectivity index (χ3v) is 3.84. The molecule has 18 heavy (non-hydrogen) atoms. The van der Waals surface area contributed by atoms with Gasteiger partial charge in [-0.15, -0.1) is 0 Å². The Morgan fingerprint density at radius 3 is 2.83 bits per heavy atom. The second-order valence-corrected chi connectivity index (χ2v) is 5.27. The lowest BCUT2D eigenvalue weighted by atomic mass is 9.90. The SMILES string of the molecule is CCNC(c1cccc(CC)c1)C1COC(C)C1.